The Morgan fingerprint density at radius 1 is 1.37 bits per heavy atom. The third-order valence-electron chi connectivity index (χ3n) is 2.73. The van der Waals surface area contributed by atoms with Crippen LogP contribution in [0.5, 0.6) is 0 Å². The number of carbonyl (C=O) groups excluding carboxylic acids is 1. The van der Waals surface area contributed by atoms with Crippen molar-refractivity contribution in [3.05, 3.63) is 47.0 Å². The number of rotatable bonds is 5. The summed E-state index contributed by atoms with van der Waals surface area (Å²) in [7, 11) is 0. The van der Waals surface area contributed by atoms with Crippen LogP contribution in [0.2, 0.25) is 0 Å². The van der Waals surface area contributed by atoms with Crippen molar-refractivity contribution < 1.29 is 4.79 Å². The zero-order chi connectivity index (χ0) is 13.7. The predicted octanol–water partition coefficient (Wildman–Crippen LogP) is 3.07. The Labute approximate surface area is 116 Å². The van der Waals surface area contributed by atoms with E-state index >= 15 is 0 Å². The van der Waals surface area contributed by atoms with Gasteiger partial charge in [-0.15, -0.1) is 11.3 Å². The van der Waals surface area contributed by atoms with E-state index in [9.17, 15) is 4.79 Å². The molecule has 1 amide bonds. The van der Waals surface area contributed by atoms with Crippen LogP contribution in [0.4, 0.5) is 5.13 Å². The molecule has 0 bridgehead atoms. The number of carbonyl (C=O) groups is 1. The molecular weight excluding hydrogens is 258 g/mol. The third-order valence-corrected chi connectivity index (χ3v) is 3.51. The standard InChI is InChI=1S/C14H17N3OS/c1-3-15-10(2)12-9-19-14(16-12)17-13(18)11-7-5-4-6-8-11/h4-10,15H,3H2,1-2H3,(H,16,17,18). The molecule has 4 nitrogen and oxygen atoms in total. The monoisotopic (exact) mass is 275 g/mol. The summed E-state index contributed by atoms with van der Waals surface area (Å²) in [6.45, 7) is 5.01. The van der Waals surface area contributed by atoms with Crippen LogP contribution in [0.3, 0.4) is 0 Å². The van der Waals surface area contributed by atoms with Gasteiger partial charge < -0.3 is 5.32 Å². The number of hydrogen-bond acceptors (Lipinski definition) is 4. The summed E-state index contributed by atoms with van der Waals surface area (Å²) in [6.07, 6.45) is 0. The highest BCUT2D eigenvalue weighted by atomic mass is 32.1. The lowest BCUT2D eigenvalue weighted by molar-refractivity contribution is 0.102. The van der Waals surface area contributed by atoms with Crippen molar-refractivity contribution in [2.45, 2.75) is 19.9 Å². The highest BCUT2D eigenvalue weighted by molar-refractivity contribution is 7.14. The number of thiazole rings is 1. The molecule has 1 aromatic carbocycles. The quantitative estimate of drug-likeness (QED) is 0.881. The van der Waals surface area contributed by atoms with Gasteiger partial charge >= 0.3 is 0 Å². The van der Waals surface area contributed by atoms with E-state index in [-0.39, 0.29) is 11.9 Å². The fourth-order valence-corrected chi connectivity index (χ4v) is 2.51. The van der Waals surface area contributed by atoms with Crippen molar-refractivity contribution in [1.29, 1.82) is 0 Å². The minimum atomic E-state index is -0.127. The van der Waals surface area contributed by atoms with E-state index in [0.29, 0.717) is 10.7 Å². The maximum atomic E-state index is 12.0. The molecule has 0 saturated carbocycles. The number of hydrogen-bond donors (Lipinski definition) is 2. The molecule has 0 aliphatic rings. The topological polar surface area (TPSA) is 54.0 Å². The Morgan fingerprint density at radius 2 is 2.11 bits per heavy atom. The van der Waals surface area contributed by atoms with Gasteiger partial charge in [0.1, 0.15) is 0 Å². The molecule has 0 aliphatic heterocycles. The van der Waals surface area contributed by atoms with Crippen molar-refractivity contribution >= 4 is 22.4 Å². The molecule has 1 atom stereocenters. The number of aromatic nitrogens is 1. The molecule has 1 aromatic heterocycles. The lowest BCUT2D eigenvalue weighted by Gasteiger charge is -2.08. The fourth-order valence-electron chi connectivity index (χ4n) is 1.71. The van der Waals surface area contributed by atoms with Gasteiger partial charge in [-0.05, 0) is 25.6 Å². The fraction of sp³-hybridized carbons (Fsp3) is 0.286. The van der Waals surface area contributed by atoms with Crippen molar-refractivity contribution in [3.63, 3.8) is 0 Å². The van der Waals surface area contributed by atoms with Gasteiger partial charge in [-0.2, -0.15) is 0 Å². The molecule has 2 rings (SSSR count). The largest absolute Gasteiger partial charge is 0.309 e. The SMILES string of the molecule is CCNC(C)c1csc(NC(=O)c2ccccc2)n1. The Hall–Kier alpha value is -1.72. The summed E-state index contributed by atoms with van der Waals surface area (Å²) in [6, 6.07) is 9.33. The van der Waals surface area contributed by atoms with Crippen LogP contribution in [-0.2, 0) is 0 Å². The first-order valence-corrected chi connectivity index (χ1v) is 7.14. The summed E-state index contributed by atoms with van der Waals surface area (Å²) in [5, 5.41) is 8.71. The van der Waals surface area contributed by atoms with Gasteiger partial charge in [0.2, 0.25) is 0 Å². The zero-order valence-electron chi connectivity index (χ0n) is 11.0. The van der Waals surface area contributed by atoms with Crippen molar-refractivity contribution in [2.24, 2.45) is 0 Å². The molecule has 2 N–H and O–H groups in total. The Bertz CT molecular complexity index is 539. The van der Waals surface area contributed by atoms with E-state index in [2.05, 4.69) is 29.5 Å². The van der Waals surface area contributed by atoms with Crippen LogP contribution in [0.25, 0.3) is 0 Å². The maximum absolute atomic E-state index is 12.0. The summed E-state index contributed by atoms with van der Waals surface area (Å²) in [4.78, 5) is 16.4. The highest BCUT2D eigenvalue weighted by Gasteiger charge is 2.11. The first-order valence-electron chi connectivity index (χ1n) is 6.26. The van der Waals surface area contributed by atoms with Crippen molar-refractivity contribution in [3.8, 4) is 0 Å². The maximum Gasteiger partial charge on any atom is 0.257 e. The molecule has 5 heteroatoms. The van der Waals surface area contributed by atoms with Crippen LogP contribution >= 0.6 is 11.3 Å². The lowest BCUT2D eigenvalue weighted by atomic mass is 10.2. The van der Waals surface area contributed by atoms with E-state index in [0.717, 1.165) is 12.2 Å². The first kappa shape index (κ1) is 13.7. The van der Waals surface area contributed by atoms with Gasteiger partial charge in [-0.25, -0.2) is 4.98 Å². The van der Waals surface area contributed by atoms with Gasteiger partial charge in [0.05, 0.1) is 5.69 Å². The van der Waals surface area contributed by atoms with E-state index < -0.39 is 0 Å². The molecule has 0 saturated heterocycles. The molecule has 0 radical (unpaired) electrons. The minimum Gasteiger partial charge on any atom is -0.309 e. The summed E-state index contributed by atoms with van der Waals surface area (Å²) in [5.41, 5.74) is 1.59. The second-order valence-electron chi connectivity index (χ2n) is 4.18. The predicted molar refractivity (Wildman–Crippen MR) is 78.6 cm³/mol. The van der Waals surface area contributed by atoms with Gasteiger partial charge in [-0.1, -0.05) is 25.1 Å². The van der Waals surface area contributed by atoms with E-state index in [1.54, 1.807) is 12.1 Å². The number of benzene rings is 1. The average Bonchev–Trinajstić information content (AvgIpc) is 2.88. The number of amides is 1. The van der Waals surface area contributed by atoms with E-state index in [1.165, 1.54) is 11.3 Å². The second kappa shape index (κ2) is 6.45. The summed E-state index contributed by atoms with van der Waals surface area (Å²) < 4.78 is 0. The normalized spacial score (nSPS) is 12.1. The molecule has 100 valence electrons. The molecule has 1 unspecified atom stereocenters. The van der Waals surface area contributed by atoms with Crippen LogP contribution in [-0.4, -0.2) is 17.4 Å². The highest BCUT2D eigenvalue weighted by Crippen LogP contribution is 2.21. The molecule has 0 spiro atoms. The first-order chi connectivity index (χ1) is 9.20. The molecular formula is C14H17N3OS. The smallest absolute Gasteiger partial charge is 0.257 e. The van der Waals surface area contributed by atoms with Crippen molar-refractivity contribution in [2.75, 3.05) is 11.9 Å². The average molecular weight is 275 g/mol. The van der Waals surface area contributed by atoms with Gasteiger partial charge in [0.25, 0.3) is 5.91 Å². The molecule has 0 aliphatic carbocycles. The van der Waals surface area contributed by atoms with E-state index in [4.69, 9.17) is 0 Å². The van der Waals surface area contributed by atoms with Crippen LogP contribution in [0, 0.1) is 0 Å². The van der Waals surface area contributed by atoms with Crippen LogP contribution < -0.4 is 10.6 Å². The number of nitrogens with one attached hydrogen (secondary N) is 2. The third kappa shape index (κ3) is 3.62. The van der Waals surface area contributed by atoms with Crippen LogP contribution in [0.1, 0.15) is 35.9 Å². The Morgan fingerprint density at radius 3 is 2.79 bits per heavy atom. The molecule has 1 heterocycles. The Balaban J connectivity index is 2.02. The number of anilines is 1. The van der Waals surface area contributed by atoms with Crippen molar-refractivity contribution in [1.82, 2.24) is 10.3 Å². The summed E-state index contributed by atoms with van der Waals surface area (Å²) in [5.74, 6) is -0.127. The van der Waals surface area contributed by atoms with Gasteiger partial charge in [0.15, 0.2) is 5.13 Å². The van der Waals surface area contributed by atoms with Gasteiger partial charge in [-0.3, -0.25) is 10.1 Å². The Kier molecular flexibility index (Phi) is 4.65. The van der Waals surface area contributed by atoms with Gasteiger partial charge in [0, 0.05) is 17.0 Å². The minimum absolute atomic E-state index is 0.127. The van der Waals surface area contributed by atoms with E-state index in [1.807, 2.05) is 23.6 Å². The lowest BCUT2D eigenvalue weighted by Crippen LogP contribution is -2.18. The van der Waals surface area contributed by atoms with Crippen LogP contribution in [0.15, 0.2) is 35.7 Å². The molecule has 19 heavy (non-hydrogen) atoms. The number of nitrogens with zero attached hydrogens (tertiary/aromatic N) is 1. The molecule has 2 aromatic rings. The second-order valence-corrected chi connectivity index (χ2v) is 5.04. The molecule has 0 fully saturated rings. The zero-order valence-corrected chi connectivity index (χ0v) is 11.8. The summed E-state index contributed by atoms with van der Waals surface area (Å²) >= 11 is 1.44.